The molecule has 0 radical (unpaired) electrons. The van der Waals surface area contributed by atoms with Crippen molar-refractivity contribution in [3.8, 4) is 11.3 Å². The molecule has 4 aromatic rings. The Bertz CT molecular complexity index is 1080. The molecule has 0 aliphatic rings. The molecular formula is C21H19Cl2N3. The average Bonchev–Trinajstić information content (AvgIpc) is 3.00. The van der Waals surface area contributed by atoms with Gasteiger partial charge in [-0.15, -0.1) is 0 Å². The standard InChI is InChI=1S/C21H19Cl2N3/c22-14-11-17-15(7-1-2-9-24)20(26-21(17)18(23)12-14)16-8-3-5-13-6-4-10-25-19(13)16/h3-6,8,10-12,26H,1-2,7,9,24H2. The highest BCUT2D eigenvalue weighted by Crippen LogP contribution is 2.38. The number of para-hydroxylation sites is 1. The van der Waals surface area contributed by atoms with Crippen molar-refractivity contribution in [1.29, 1.82) is 0 Å². The summed E-state index contributed by atoms with van der Waals surface area (Å²) in [7, 11) is 0. The number of fused-ring (bicyclic) bond motifs is 2. The molecule has 26 heavy (non-hydrogen) atoms. The lowest BCUT2D eigenvalue weighted by molar-refractivity contribution is 0.748. The number of hydrogen-bond acceptors (Lipinski definition) is 2. The molecule has 3 N–H and O–H groups in total. The van der Waals surface area contributed by atoms with Crippen LogP contribution in [0.15, 0.2) is 48.7 Å². The van der Waals surface area contributed by atoms with Crippen molar-refractivity contribution in [1.82, 2.24) is 9.97 Å². The fourth-order valence-corrected chi connectivity index (χ4v) is 4.06. The minimum atomic E-state index is 0.632. The molecule has 3 nitrogen and oxygen atoms in total. The molecule has 0 fully saturated rings. The van der Waals surface area contributed by atoms with Crippen LogP contribution in [0.5, 0.6) is 0 Å². The van der Waals surface area contributed by atoms with E-state index >= 15 is 0 Å². The lowest BCUT2D eigenvalue weighted by atomic mass is 9.98. The van der Waals surface area contributed by atoms with E-state index in [0.29, 0.717) is 16.6 Å². The molecule has 0 saturated carbocycles. The average molecular weight is 384 g/mol. The Morgan fingerprint density at radius 3 is 2.73 bits per heavy atom. The third-order valence-electron chi connectivity index (χ3n) is 4.71. The summed E-state index contributed by atoms with van der Waals surface area (Å²) in [5, 5.41) is 3.46. The summed E-state index contributed by atoms with van der Waals surface area (Å²) in [4.78, 5) is 8.14. The SMILES string of the molecule is NCCCCc1c(-c2cccc3cccnc23)[nH]c2c(Cl)cc(Cl)cc12. The summed E-state index contributed by atoms with van der Waals surface area (Å²) >= 11 is 12.7. The zero-order valence-electron chi connectivity index (χ0n) is 14.2. The van der Waals surface area contributed by atoms with Gasteiger partial charge in [0.1, 0.15) is 0 Å². The Balaban J connectivity index is 1.98. The number of nitrogens with one attached hydrogen (secondary N) is 1. The smallest absolute Gasteiger partial charge is 0.0795 e. The molecule has 0 atom stereocenters. The Morgan fingerprint density at radius 1 is 1.04 bits per heavy atom. The van der Waals surface area contributed by atoms with Crippen molar-refractivity contribution in [2.45, 2.75) is 19.3 Å². The van der Waals surface area contributed by atoms with Gasteiger partial charge in [-0.2, -0.15) is 0 Å². The maximum absolute atomic E-state index is 6.46. The van der Waals surface area contributed by atoms with Gasteiger partial charge in [0.05, 0.1) is 21.7 Å². The van der Waals surface area contributed by atoms with E-state index < -0.39 is 0 Å². The summed E-state index contributed by atoms with van der Waals surface area (Å²) in [5.74, 6) is 0. The Labute approximate surface area is 162 Å². The zero-order chi connectivity index (χ0) is 18.1. The largest absolute Gasteiger partial charge is 0.353 e. The number of halogens is 2. The first-order valence-corrected chi connectivity index (χ1v) is 9.48. The second-order valence-corrected chi connectivity index (χ2v) is 7.26. The molecule has 2 aromatic carbocycles. The van der Waals surface area contributed by atoms with Crippen molar-refractivity contribution in [3.05, 3.63) is 64.3 Å². The highest BCUT2D eigenvalue weighted by molar-refractivity contribution is 6.38. The third-order valence-corrected chi connectivity index (χ3v) is 5.23. The van der Waals surface area contributed by atoms with Gasteiger partial charge in [-0.3, -0.25) is 4.98 Å². The number of benzene rings is 2. The van der Waals surface area contributed by atoms with Crippen LogP contribution in [0, 0.1) is 0 Å². The summed E-state index contributed by atoms with van der Waals surface area (Å²) in [6, 6.07) is 14.0. The highest BCUT2D eigenvalue weighted by atomic mass is 35.5. The van der Waals surface area contributed by atoms with E-state index in [4.69, 9.17) is 28.9 Å². The quantitative estimate of drug-likeness (QED) is 0.417. The van der Waals surface area contributed by atoms with Gasteiger partial charge >= 0.3 is 0 Å². The van der Waals surface area contributed by atoms with Gasteiger partial charge in [0.15, 0.2) is 0 Å². The van der Waals surface area contributed by atoms with E-state index in [1.54, 1.807) is 6.07 Å². The lowest BCUT2D eigenvalue weighted by Gasteiger charge is -2.08. The number of aryl methyl sites for hydroxylation is 1. The van der Waals surface area contributed by atoms with Crippen LogP contribution >= 0.6 is 23.2 Å². The number of H-pyrrole nitrogens is 1. The Kier molecular flexibility index (Phi) is 4.86. The molecule has 0 unspecified atom stereocenters. The van der Waals surface area contributed by atoms with Gasteiger partial charge in [0.2, 0.25) is 0 Å². The Hall–Kier alpha value is -2.07. The van der Waals surface area contributed by atoms with Crippen LogP contribution in [-0.4, -0.2) is 16.5 Å². The summed E-state index contributed by atoms with van der Waals surface area (Å²) < 4.78 is 0. The van der Waals surface area contributed by atoms with Crippen molar-refractivity contribution in [2.75, 3.05) is 6.54 Å². The van der Waals surface area contributed by atoms with Crippen molar-refractivity contribution >= 4 is 45.0 Å². The van der Waals surface area contributed by atoms with E-state index in [2.05, 4.69) is 34.2 Å². The molecule has 4 rings (SSSR count). The van der Waals surface area contributed by atoms with Crippen LogP contribution in [0.25, 0.3) is 33.1 Å². The van der Waals surface area contributed by atoms with Gasteiger partial charge in [-0.25, -0.2) is 0 Å². The van der Waals surface area contributed by atoms with E-state index in [0.717, 1.165) is 52.3 Å². The van der Waals surface area contributed by atoms with Gasteiger partial charge in [-0.1, -0.05) is 47.5 Å². The van der Waals surface area contributed by atoms with E-state index in [1.807, 2.05) is 18.3 Å². The predicted molar refractivity (Wildman–Crippen MR) is 111 cm³/mol. The van der Waals surface area contributed by atoms with E-state index in [-0.39, 0.29) is 0 Å². The number of aromatic amines is 1. The van der Waals surface area contributed by atoms with Gasteiger partial charge in [-0.05, 0) is 49.6 Å². The zero-order valence-corrected chi connectivity index (χ0v) is 15.7. The number of unbranched alkanes of at least 4 members (excludes halogenated alkanes) is 1. The monoisotopic (exact) mass is 383 g/mol. The molecule has 0 bridgehead atoms. The normalized spacial score (nSPS) is 11.5. The van der Waals surface area contributed by atoms with E-state index in [1.165, 1.54) is 5.56 Å². The second-order valence-electron chi connectivity index (χ2n) is 6.42. The van der Waals surface area contributed by atoms with Gasteiger partial charge in [0, 0.05) is 27.6 Å². The molecule has 0 saturated heterocycles. The van der Waals surface area contributed by atoms with Gasteiger partial charge in [0.25, 0.3) is 0 Å². The first-order valence-electron chi connectivity index (χ1n) is 8.73. The van der Waals surface area contributed by atoms with Crippen molar-refractivity contribution < 1.29 is 0 Å². The summed E-state index contributed by atoms with van der Waals surface area (Å²) in [6.07, 6.45) is 4.73. The van der Waals surface area contributed by atoms with Crippen LogP contribution in [0.4, 0.5) is 0 Å². The molecular weight excluding hydrogens is 365 g/mol. The van der Waals surface area contributed by atoms with Crippen molar-refractivity contribution in [2.24, 2.45) is 5.73 Å². The highest BCUT2D eigenvalue weighted by Gasteiger charge is 2.17. The summed E-state index contributed by atoms with van der Waals surface area (Å²) in [6.45, 7) is 0.690. The fourth-order valence-electron chi connectivity index (χ4n) is 3.52. The van der Waals surface area contributed by atoms with E-state index in [9.17, 15) is 0 Å². The van der Waals surface area contributed by atoms with Crippen molar-refractivity contribution in [3.63, 3.8) is 0 Å². The van der Waals surface area contributed by atoms with Crippen LogP contribution < -0.4 is 5.73 Å². The second kappa shape index (κ2) is 7.28. The Morgan fingerprint density at radius 2 is 1.88 bits per heavy atom. The third kappa shape index (κ3) is 3.07. The number of pyridine rings is 1. The molecule has 132 valence electrons. The maximum atomic E-state index is 6.46. The van der Waals surface area contributed by atoms with Gasteiger partial charge < -0.3 is 10.7 Å². The number of nitrogens with two attached hydrogens (primary N) is 1. The molecule has 0 amide bonds. The maximum Gasteiger partial charge on any atom is 0.0795 e. The number of aromatic nitrogens is 2. The molecule has 5 heteroatoms. The summed E-state index contributed by atoms with van der Waals surface area (Å²) in [5.41, 5.74) is 10.9. The first kappa shape index (κ1) is 17.3. The topological polar surface area (TPSA) is 54.7 Å². The number of hydrogen-bond donors (Lipinski definition) is 2. The minimum absolute atomic E-state index is 0.632. The molecule has 2 heterocycles. The molecule has 2 aromatic heterocycles. The van der Waals surface area contributed by atoms with Crippen LogP contribution in [-0.2, 0) is 6.42 Å². The number of nitrogens with zero attached hydrogens (tertiary/aromatic N) is 1. The molecule has 0 aliphatic heterocycles. The predicted octanol–water partition coefficient (Wildman–Crippen LogP) is 5.97. The fraction of sp³-hybridized carbons (Fsp3) is 0.190. The molecule has 0 aliphatic carbocycles. The minimum Gasteiger partial charge on any atom is -0.353 e. The van der Waals surface area contributed by atoms with Crippen LogP contribution in [0.2, 0.25) is 10.0 Å². The van der Waals surface area contributed by atoms with Crippen LogP contribution in [0.1, 0.15) is 18.4 Å². The lowest BCUT2D eigenvalue weighted by Crippen LogP contribution is -1.99. The first-order chi connectivity index (χ1) is 12.7. The van der Waals surface area contributed by atoms with Crippen LogP contribution in [0.3, 0.4) is 0 Å². The number of rotatable bonds is 5. The molecule has 0 spiro atoms.